The van der Waals surface area contributed by atoms with Gasteiger partial charge in [0.05, 0.1) is 17.8 Å². The van der Waals surface area contributed by atoms with Crippen LogP contribution < -0.4 is 5.73 Å². The van der Waals surface area contributed by atoms with E-state index in [1.165, 1.54) is 0 Å². The Balaban J connectivity index is 2.00. The van der Waals surface area contributed by atoms with Crippen LogP contribution in [-0.4, -0.2) is 36.5 Å². The van der Waals surface area contributed by atoms with Gasteiger partial charge in [-0.1, -0.05) is 19.9 Å². The van der Waals surface area contributed by atoms with Gasteiger partial charge in [-0.05, 0) is 37.0 Å². The maximum Gasteiger partial charge on any atom is 0.253 e. The second-order valence-electron chi connectivity index (χ2n) is 7.39. The van der Waals surface area contributed by atoms with E-state index >= 15 is 0 Å². The van der Waals surface area contributed by atoms with E-state index in [2.05, 4.69) is 20.4 Å². The van der Waals surface area contributed by atoms with Gasteiger partial charge in [0.25, 0.3) is 5.91 Å². The SMILES string of the molecule is C=CC[C@H](N)C(=O)N1C2CC3CCC2(CS1(=O)=O)C3(C)C. The molecule has 3 fully saturated rings. The van der Waals surface area contributed by atoms with Gasteiger partial charge in [-0.3, -0.25) is 4.79 Å². The number of sulfonamides is 1. The number of rotatable bonds is 3. The highest BCUT2D eigenvalue weighted by molar-refractivity contribution is 7.90. The van der Waals surface area contributed by atoms with Gasteiger partial charge in [0, 0.05) is 5.41 Å². The molecule has 2 aliphatic carbocycles. The smallest absolute Gasteiger partial charge is 0.253 e. The number of hydrogen-bond donors (Lipinski definition) is 1. The quantitative estimate of drug-likeness (QED) is 0.796. The fourth-order valence-electron chi connectivity index (χ4n) is 5.02. The third kappa shape index (κ3) is 1.72. The van der Waals surface area contributed by atoms with Crippen molar-refractivity contribution in [1.29, 1.82) is 0 Å². The predicted octanol–water partition coefficient (Wildman–Crippen LogP) is 1.26. The number of hydrogen-bond acceptors (Lipinski definition) is 4. The number of carbonyl (C=O) groups is 1. The van der Waals surface area contributed by atoms with Crippen molar-refractivity contribution in [3.05, 3.63) is 12.7 Å². The maximum atomic E-state index is 12.6. The first-order valence-electron chi connectivity index (χ1n) is 7.60. The fraction of sp³-hybridized carbons (Fsp3) is 0.800. The summed E-state index contributed by atoms with van der Waals surface area (Å²) in [6.45, 7) is 7.90. The molecule has 6 heteroatoms. The zero-order valence-electron chi connectivity index (χ0n) is 12.7. The Hall–Kier alpha value is -0.880. The molecule has 1 heterocycles. The van der Waals surface area contributed by atoms with Crippen LogP contribution in [0.5, 0.6) is 0 Å². The minimum Gasteiger partial charge on any atom is -0.320 e. The zero-order valence-corrected chi connectivity index (χ0v) is 13.5. The van der Waals surface area contributed by atoms with Crippen molar-refractivity contribution in [2.75, 3.05) is 5.75 Å². The second kappa shape index (κ2) is 4.32. The monoisotopic (exact) mass is 312 g/mol. The third-order valence-corrected chi connectivity index (χ3v) is 8.28. The highest BCUT2D eigenvalue weighted by atomic mass is 32.2. The van der Waals surface area contributed by atoms with Crippen LogP contribution in [0.25, 0.3) is 0 Å². The lowest BCUT2D eigenvalue weighted by Crippen LogP contribution is -2.50. The number of nitrogens with two attached hydrogens (primary N) is 1. The van der Waals surface area contributed by atoms with Crippen LogP contribution in [0.3, 0.4) is 0 Å². The molecule has 5 nitrogen and oxygen atoms in total. The average molecular weight is 312 g/mol. The molecule has 3 unspecified atom stereocenters. The fourth-order valence-corrected chi connectivity index (χ4v) is 7.61. The summed E-state index contributed by atoms with van der Waals surface area (Å²) in [6.07, 6.45) is 4.62. The second-order valence-corrected chi connectivity index (χ2v) is 9.23. The van der Waals surface area contributed by atoms with Gasteiger partial charge < -0.3 is 5.73 Å². The van der Waals surface area contributed by atoms with E-state index in [0.29, 0.717) is 12.3 Å². The van der Waals surface area contributed by atoms with Gasteiger partial charge in [-0.2, -0.15) is 0 Å². The van der Waals surface area contributed by atoms with Crippen LogP contribution in [0.15, 0.2) is 12.7 Å². The van der Waals surface area contributed by atoms with E-state index in [1.54, 1.807) is 6.08 Å². The molecule has 0 aromatic carbocycles. The molecular formula is C15H24N2O3S. The van der Waals surface area contributed by atoms with Gasteiger partial charge >= 0.3 is 0 Å². The summed E-state index contributed by atoms with van der Waals surface area (Å²) < 4.78 is 26.4. The van der Waals surface area contributed by atoms with Crippen molar-refractivity contribution >= 4 is 15.9 Å². The minimum atomic E-state index is -3.55. The number of fused-ring (bicyclic) bond motifs is 1. The number of carbonyl (C=O) groups excluding carboxylic acids is 1. The Morgan fingerprint density at radius 2 is 2.19 bits per heavy atom. The van der Waals surface area contributed by atoms with Crippen molar-refractivity contribution in [2.45, 2.75) is 51.6 Å². The average Bonchev–Trinajstić information content (AvgIpc) is 2.85. The zero-order chi connectivity index (χ0) is 15.6. The van der Waals surface area contributed by atoms with Crippen molar-refractivity contribution in [3.8, 4) is 0 Å². The summed E-state index contributed by atoms with van der Waals surface area (Å²) in [5.41, 5.74) is 5.54. The van der Waals surface area contributed by atoms with E-state index in [9.17, 15) is 13.2 Å². The molecule has 0 aromatic rings. The largest absolute Gasteiger partial charge is 0.320 e. The van der Waals surface area contributed by atoms with Crippen molar-refractivity contribution in [2.24, 2.45) is 22.5 Å². The molecule has 1 aliphatic heterocycles. The van der Waals surface area contributed by atoms with E-state index in [1.807, 2.05) is 0 Å². The van der Waals surface area contributed by atoms with Crippen molar-refractivity contribution in [1.82, 2.24) is 4.31 Å². The van der Waals surface area contributed by atoms with E-state index in [4.69, 9.17) is 5.73 Å². The molecule has 2 N–H and O–H groups in total. The normalized spacial score (nSPS) is 40.0. The molecule has 118 valence electrons. The van der Waals surface area contributed by atoms with Gasteiger partial charge in [-0.25, -0.2) is 12.7 Å². The van der Waals surface area contributed by atoms with Gasteiger partial charge in [0.1, 0.15) is 0 Å². The molecule has 4 atom stereocenters. The van der Waals surface area contributed by atoms with Gasteiger partial charge in [-0.15, -0.1) is 6.58 Å². The maximum absolute atomic E-state index is 12.6. The van der Waals surface area contributed by atoms with E-state index in [-0.39, 0.29) is 22.6 Å². The Morgan fingerprint density at radius 1 is 1.52 bits per heavy atom. The Labute approximate surface area is 126 Å². The molecule has 1 saturated heterocycles. The Bertz CT molecular complexity index is 598. The summed E-state index contributed by atoms with van der Waals surface area (Å²) in [5.74, 6) is 0.143. The molecular weight excluding hydrogens is 288 g/mol. The molecule has 3 aliphatic rings. The molecule has 0 radical (unpaired) electrons. The van der Waals surface area contributed by atoms with Crippen molar-refractivity contribution in [3.63, 3.8) is 0 Å². The van der Waals surface area contributed by atoms with Crippen molar-refractivity contribution < 1.29 is 13.2 Å². The van der Waals surface area contributed by atoms with E-state index < -0.39 is 22.0 Å². The standard InChI is InChI=1S/C15H24N2O3S/c1-4-5-11(16)13(18)17-12-8-10-6-7-15(12,14(10,2)3)9-21(17,19)20/h4,10-12H,1,5-9,16H2,2-3H3/t10?,11-,12?,15?/m0/s1. The lowest BCUT2D eigenvalue weighted by atomic mass is 9.69. The third-order valence-electron chi connectivity index (χ3n) is 6.37. The highest BCUT2D eigenvalue weighted by Crippen LogP contribution is 2.69. The summed E-state index contributed by atoms with van der Waals surface area (Å²) in [6, 6.07) is -1.01. The van der Waals surface area contributed by atoms with Gasteiger partial charge in [0.2, 0.25) is 10.0 Å². The summed E-state index contributed by atoms with van der Waals surface area (Å²) in [7, 11) is -3.55. The molecule has 1 spiro atoms. The summed E-state index contributed by atoms with van der Waals surface area (Å²) in [4.78, 5) is 12.6. The first kappa shape index (κ1) is 15.0. The number of nitrogens with zero attached hydrogens (tertiary/aromatic N) is 1. The van der Waals surface area contributed by atoms with Crippen LogP contribution >= 0.6 is 0 Å². The molecule has 1 amide bonds. The first-order valence-corrected chi connectivity index (χ1v) is 9.21. The van der Waals surface area contributed by atoms with Crippen LogP contribution in [0.4, 0.5) is 0 Å². The van der Waals surface area contributed by atoms with Crippen LogP contribution in [-0.2, 0) is 14.8 Å². The van der Waals surface area contributed by atoms with Crippen LogP contribution in [0.2, 0.25) is 0 Å². The molecule has 2 saturated carbocycles. The predicted molar refractivity (Wildman–Crippen MR) is 80.8 cm³/mol. The van der Waals surface area contributed by atoms with E-state index in [0.717, 1.165) is 23.6 Å². The number of amides is 1. The van der Waals surface area contributed by atoms with Crippen LogP contribution in [0, 0.1) is 16.7 Å². The molecule has 3 rings (SSSR count). The summed E-state index contributed by atoms with van der Waals surface area (Å²) in [5, 5.41) is 0. The topological polar surface area (TPSA) is 80.5 Å². The lowest BCUT2D eigenvalue weighted by molar-refractivity contribution is -0.130. The highest BCUT2D eigenvalue weighted by Gasteiger charge is 2.72. The molecule has 0 aromatic heterocycles. The van der Waals surface area contributed by atoms with Crippen LogP contribution in [0.1, 0.15) is 39.5 Å². The molecule has 2 bridgehead atoms. The molecule has 21 heavy (non-hydrogen) atoms. The Morgan fingerprint density at radius 3 is 2.76 bits per heavy atom. The Kier molecular flexibility index (Phi) is 3.09. The minimum absolute atomic E-state index is 0.0255. The first-order chi connectivity index (χ1) is 9.67. The lowest BCUT2D eigenvalue weighted by Gasteiger charge is -2.37. The van der Waals surface area contributed by atoms with Gasteiger partial charge in [0.15, 0.2) is 0 Å². The summed E-state index contributed by atoms with van der Waals surface area (Å²) >= 11 is 0.